The Labute approximate surface area is 96.2 Å². The fourth-order valence-electron chi connectivity index (χ4n) is 1.47. The molecule has 0 saturated heterocycles. The van der Waals surface area contributed by atoms with E-state index in [-0.39, 0.29) is 5.84 Å². The molecule has 0 amide bonds. The van der Waals surface area contributed by atoms with Gasteiger partial charge >= 0.3 is 0 Å². The Balaban J connectivity index is 2.39. The first-order chi connectivity index (χ1) is 8.20. The molecule has 0 radical (unpaired) electrons. The van der Waals surface area contributed by atoms with Gasteiger partial charge in [-0.25, -0.2) is 14.1 Å². The van der Waals surface area contributed by atoms with Crippen LogP contribution >= 0.6 is 0 Å². The fraction of sp³-hybridized carbons (Fsp3) is 0.100. The van der Waals surface area contributed by atoms with Crippen LogP contribution < -0.4 is 5.73 Å². The Morgan fingerprint density at radius 1 is 1.53 bits per heavy atom. The van der Waals surface area contributed by atoms with Crippen molar-refractivity contribution >= 4 is 5.84 Å². The van der Waals surface area contributed by atoms with Crippen molar-refractivity contribution < 1.29 is 9.60 Å². The maximum Gasteiger partial charge on any atom is 0.170 e. The molecule has 0 fully saturated rings. The van der Waals surface area contributed by atoms with Gasteiger partial charge in [-0.2, -0.15) is 5.10 Å². The second kappa shape index (κ2) is 4.60. The average molecular weight is 235 g/mol. The molecule has 7 heteroatoms. The summed E-state index contributed by atoms with van der Waals surface area (Å²) in [7, 11) is 0. The van der Waals surface area contributed by atoms with Gasteiger partial charge in [0.1, 0.15) is 18.5 Å². The van der Waals surface area contributed by atoms with Gasteiger partial charge in [-0.3, -0.25) is 0 Å². The Morgan fingerprint density at radius 3 is 3.00 bits per heavy atom. The van der Waals surface area contributed by atoms with E-state index < -0.39 is 5.82 Å². The molecule has 17 heavy (non-hydrogen) atoms. The summed E-state index contributed by atoms with van der Waals surface area (Å²) < 4.78 is 14.7. The molecule has 3 N–H and O–H groups in total. The topological polar surface area (TPSA) is 89.3 Å². The number of nitrogens with two attached hydrogens (primary N) is 1. The van der Waals surface area contributed by atoms with Gasteiger partial charge in [-0.1, -0.05) is 11.2 Å². The van der Waals surface area contributed by atoms with Crippen molar-refractivity contribution in [1.82, 2.24) is 14.8 Å². The smallest absolute Gasteiger partial charge is 0.170 e. The van der Waals surface area contributed by atoms with Crippen LogP contribution in [0.4, 0.5) is 4.39 Å². The van der Waals surface area contributed by atoms with Crippen molar-refractivity contribution in [2.24, 2.45) is 10.9 Å². The van der Waals surface area contributed by atoms with Gasteiger partial charge in [-0.05, 0) is 17.7 Å². The van der Waals surface area contributed by atoms with E-state index in [0.717, 1.165) is 0 Å². The Kier molecular flexibility index (Phi) is 2.99. The summed E-state index contributed by atoms with van der Waals surface area (Å²) in [5.74, 6) is -0.589. The van der Waals surface area contributed by atoms with Gasteiger partial charge in [0, 0.05) is 5.56 Å². The number of nitrogens with zero attached hydrogens (tertiary/aromatic N) is 4. The number of rotatable bonds is 3. The number of hydrogen-bond acceptors (Lipinski definition) is 4. The molecule has 0 spiro atoms. The van der Waals surface area contributed by atoms with E-state index in [4.69, 9.17) is 10.9 Å². The molecule has 6 nitrogen and oxygen atoms in total. The summed E-state index contributed by atoms with van der Waals surface area (Å²) in [6.45, 7) is 0.367. The molecule has 0 unspecified atom stereocenters. The Hall–Kier alpha value is -2.44. The van der Waals surface area contributed by atoms with Crippen molar-refractivity contribution in [2.45, 2.75) is 6.54 Å². The van der Waals surface area contributed by atoms with Crippen molar-refractivity contribution in [3.05, 3.63) is 47.8 Å². The first-order valence-corrected chi connectivity index (χ1v) is 4.79. The summed E-state index contributed by atoms with van der Waals surface area (Å²) in [4.78, 5) is 3.80. The Bertz CT molecular complexity index is 538. The standard InChI is InChI=1S/C10H10FN5O/c11-8-2-1-7(4-16-6-13-5-14-16)9(3-8)10(12)15-17/h1-3,5-6,17H,4H2,(H2,12,15). The second-order valence-corrected chi connectivity index (χ2v) is 3.38. The van der Waals surface area contributed by atoms with Crippen LogP contribution in [0, 0.1) is 5.82 Å². The third-order valence-corrected chi connectivity index (χ3v) is 2.25. The van der Waals surface area contributed by atoms with Crippen LogP contribution in [0.25, 0.3) is 0 Å². The van der Waals surface area contributed by atoms with E-state index in [2.05, 4.69) is 15.2 Å². The predicted molar refractivity (Wildman–Crippen MR) is 58.0 cm³/mol. The van der Waals surface area contributed by atoms with Crippen molar-refractivity contribution in [2.75, 3.05) is 0 Å². The largest absolute Gasteiger partial charge is 0.409 e. The lowest BCUT2D eigenvalue weighted by Gasteiger charge is -2.08. The molecule has 1 aromatic heterocycles. The molecule has 0 aliphatic heterocycles. The molecule has 0 atom stereocenters. The van der Waals surface area contributed by atoms with Gasteiger partial charge < -0.3 is 10.9 Å². The number of aromatic nitrogens is 3. The van der Waals surface area contributed by atoms with Crippen LogP contribution in [-0.2, 0) is 6.54 Å². The number of benzene rings is 1. The fourth-order valence-corrected chi connectivity index (χ4v) is 1.47. The van der Waals surface area contributed by atoms with E-state index in [1.54, 1.807) is 10.7 Å². The molecule has 88 valence electrons. The minimum Gasteiger partial charge on any atom is -0.409 e. The molecular formula is C10H10FN5O. The summed E-state index contributed by atoms with van der Waals surface area (Å²) in [6, 6.07) is 4.08. The van der Waals surface area contributed by atoms with E-state index in [0.29, 0.717) is 17.7 Å². The third-order valence-electron chi connectivity index (χ3n) is 2.25. The van der Waals surface area contributed by atoms with Gasteiger partial charge in [0.2, 0.25) is 0 Å². The zero-order chi connectivity index (χ0) is 12.3. The summed E-state index contributed by atoms with van der Waals surface area (Å²) in [5, 5.41) is 15.4. The van der Waals surface area contributed by atoms with Gasteiger partial charge in [0.15, 0.2) is 5.84 Å². The lowest BCUT2D eigenvalue weighted by molar-refractivity contribution is 0.318. The van der Waals surface area contributed by atoms with E-state index in [1.807, 2.05) is 0 Å². The van der Waals surface area contributed by atoms with Gasteiger partial charge in [-0.15, -0.1) is 0 Å². The third kappa shape index (κ3) is 2.39. The second-order valence-electron chi connectivity index (χ2n) is 3.38. The van der Waals surface area contributed by atoms with Crippen molar-refractivity contribution in [1.29, 1.82) is 0 Å². The molecule has 1 aromatic carbocycles. The quantitative estimate of drug-likeness (QED) is 0.352. The number of amidine groups is 1. The maximum absolute atomic E-state index is 13.1. The van der Waals surface area contributed by atoms with Crippen LogP contribution in [0.1, 0.15) is 11.1 Å². The van der Waals surface area contributed by atoms with E-state index in [9.17, 15) is 4.39 Å². The van der Waals surface area contributed by atoms with Crippen LogP contribution in [0.3, 0.4) is 0 Å². The molecule has 1 heterocycles. The highest BCUT2D eigenvalue weighted by molar-refractivity contribution is 5.98. The average Bonchev–Trinajstić information content (AvgIpc) is 2.83. The molecule has 0 saturated carbocycles. The number of hydrogen-bond donors (Lipinski definition) is 2. The summed E-state index contributed by atoms with van der Waals surface area (Å²) in [5.41, 5.74) is 6.50. The lowest BCUT2D eigenvalue weighted by atomic mass is 10.1. The normalized spacial score (nSPS) is 11.7. The predicted octanol–water partition coefficient (Wildman–Crippen LogP) is 0.560. The zero-order valence-electron chi connectivity index (χ0n) is 8.79. The van der Waals surface area contributed by atoms with Gasteiger partial charge in [0.05, 0.1) is 6.54 Å². The molecule has 0 aliphatic rings. The minimum absolute atomic E-state index is 0.139. The molecule has 2 rings (SSSR count). The highest BCUT2D eigenvalue weighted by Crippen LogP contribution is 2.12. The molecule has 0 bridgehead atoms. The van der Waals surface area contributed by atoms with E-state index >= 15 is 0 Å². The number of halogens is 1. The van der Waals surface area contributed by atoms with Crippen molar-refractivity contribution in [3.8, 4) is 0 Å². The Morgan fingerprint density at radius 2 is 2.35 bits per heavy atom. The van der Waals surface area contributed by atoms with Crippen LogP contribution in [-0.4, -0.2) is 25.8 Å². The van der Waals surface area contributed by atoms with Crippen LogP contribution in [0.5, 0.6) is 0 Å². The first-order valence-electron chi connectivity index (χ1n) is 4.79. The maximum atomic E-state index is 13.1. The van der Waals surface area contributed by atoms with Gasteiger partial charge in [0.25, 0.3) is 0 Å². The summed E-state index contributed by atoms with van der Waals surface area (Å²) in [6.07, 6.45) is 2.92. The number of oxime groups is 1. The molecule has 2 aromatic rings. The van der Waals surface area contributed by atoms with Crippen LogP contribution in [0.15, 0.2) is 36.0 Å². The lowest BCUT2D eigenvalue weighted by Crippen LogP contribution is -2.17. The molecular weight excluding hydrogens is 225 g/mol. The monoisotopic (exact) mass is 235 g/mol. The van der Waals surface area contributed by atoms with Crippen LogP contribution in [0.2, 0.25) is 0 Å². The van der Waals surface area contributed by atoms with E-state index in [1.165, 1.54) is 24.8 Å². The SMILES string of the molecule is N/C(=N/O)c1cc(F)ccc1Cn1cncn1. The highest BCUT2D eigenvalue weighted by Gasteiger charge is 2.09. The summed E-state index contributed by atoms with van der Waals surface area (Å²) >= 11 is 0. The molecule has 0 aliphatic carbocycles. The minimum atomic E-state index is -0.450. The highest BCUT2D eigenvalue weighted by atomic mass is 19.1. The first kappa shape index (κ1) is 11.1. The zero-order valence-corrected chi connectivity index (χ0v) is 8.79. The van der Waals surface area contributed by atoms with Crippen molar-refractivity contribution in [3.63, 3.8) is 0 Å².